The maximum atomic E-state index is 12.7. The number of aryl methyl sites for hydroxylation is 2. The highest BCUT2D eigenvalue weighted by Gasteiger charge is 2.21. The first kappa shape index (κ1) is 20.1. The lowest BCUT2D eigenvalue weighted by molar-refractivity contribution is -0.384. The Balaban J connectivity index is 2.12. The van der Waals surface area contributed by atoms with Crippen molar-refractivity contribution in [2.24, 2.45) is 0 Å². The van der Waals surface area contributed by atoms with Crippen LogP contribution >= 0.6 is 0 Å². The standard InChI is InChI=1S/C19H24N2O4S/c1-14-8-9-15(2)19(12-14)26(24,25)11-10-20(4)16(3)17-6-5-7-18(13-17)21(22)23/h5-9,12-13,16H,10-11H2,1-4H3/t16-/m1/s1. The van der Waals surface area contributed by atoms with Gasteiger partial charge in [0.25, 0.3) is 5.69 Å². The van der Waals surface area contributed by atoms with Crippen LogP contribution in [0.4, 0.5) is 5.69 Å². The molecule has 0 unspecified atom stereocenters. The summed E-state index contributed by atoms with van der Waals surface area (Å²) in [6, 6.07) is 11.7. The van der Waals surface area contributed by atoms with E-state index in [1.165, 1.54) is 12.1 Å². The Kier molecular flexibility index (Phi) is 6.15. The Morgan fingerprint density at radius 1 is 1.15 bits per heavy atom. The normalized spacial score (nSPS) is 13.0. The van der Waals surface area contributed by atoms with Crippen LogP contribution in [0.25, 0.3) is 0 Å². The summed E-state index contributed by atoms with van der Waals surface area (Å²) >= 11 is 0. The van der Waals surface area contributed by atoms with Crippen LogP contribution < -0.4 is 0 Å². The Hall–Kier alpha value is -2.25. The lowest BCUT2D eigenvalue weighted by Crippen LogP contribution is -2.28. The average Bonchev–Trinajstić information content (AvgIpc) is 2.61. The second-order valence-corrected chi connectivity index (χ2v) is 8.67. The van der Waals surface area contributed by atoms with Gasteiger partial charge in [-0.1, -0.05) is 24.3 Å². The number of sulfone groups is 1. The van der Waals surface area contributed by atoms with Crippen LogP contribution in [-0.4, -0.2) is 37.6 Å². The van der Waals surface area contributed by atoms with Gasteiger partial charge >= 0.3 is 0 Å². The molecule has 2 aromatic carbocycles. The lowest BCUT2D eigenvalue weighted by atomic mass is 10.1. The molecular weight excluding hydrogens is 352 g/mol. The van der Waals surface area contributed by atoms with Crippen molar-refractivity contribution in [3.8, 4) is 0 Å². The van der Waals surface area contributed by atoms with Crippen molar-refractivity contribution in [1.82, 2.24) is 4.90 Å². The number of hydrogen-bond donors (Lipinski definition) is 0. The smallest absolute Gasteiger partial charge is 0.269 e. The predicted octanol–water partition coefficient (Wildman–Crippen LogP) is 3.68. The van der Waals surface area contributed by atoms with E-state index in [4.69, 9.17) is 0 Å². The minimum absolute atomic E-state index is 0.00688. The van der Waals surface area contributed by atoms with Gasteiger partial charge in [0.1, 0.15) is 0 Å². The number of non-ortho nitro benzene ring substituents is 1. The van der Waals surface area contributed by atoms with Gasteiger partial charge in [-0.2, -0.15) is 0 Å². The molecule has 0 radical (unpaired) electrons. The third-order valence-electron chi connectivity index (χ3n) is 4.62. The summed E-state index contributed by atoms with van der Waals surface area (Å²) in [5.41, 5.74) is 2.47. The van der Waals surface area contributed by atoms with Crippen LogP contribution in [0.1, 0.15) is 29.7 Å². The van der Waals surface area contributed by atoms with Gasteiger partial charge in [0.15, 0.2) is 9.84 Å². The van der Waals surface area contributed by atoms with E-state index in [1.807, 2.05) is 44.0 Å². The lowest BCUT2D eigenvalue weighted by Gasteiger charge is -2.25. The predicted molar refractivity (Wildman–Crippen MR) is 102 cm³/mol. The zero-order valence-electron chi connectivity index (χ0n) is 15.5. The molecule has 0 N–H and O–H groups in total. The number of nitrogens with zero attached hydrogens (tertiary/aromatic N) is 2. The van der Waals surface area contributed by atoms with Crippen molar-refractivity contribution >= 4 is 15.5 Å². The van der Waals surface area contributed by atoms with Crippen LogP contribution in [-0.2, 0) is 9.84 Å². The molecule has 0 amide bonds. The van der Waals surface area contributed by atoms with Crippen LogP contribution in [0.2, 0.25) is 0 Å². The van der Waals surface area contributed by atoms with E-state index in [-0.39, 0.29) is 17.5 Å². The fourth-order valence-corrected chi connectivity index (χ4v) is 4.44. The van der Waals surface area contributed by atoms with E-state index in [1.54, 1.807) is 19.1 Å². The van der Waals surface area contributed by atoms with E-state index < -0.39 is 14.8 Å². The monoisotopic (exact) mass is 376 g/mol. The largest absolute Gasteiger partial charge is 0.299 e. The second-order valence-electron chi connectivity index (χ2n) is 6.60. The van der Waals surface area contributed by atoms with Crippen molar-refractivity contribution in [3.63, 3.8) is 0 Å². The molecule has 0 aliphatic rings. The second kappa shape index (κ2) is 7.97. The van der Waals surface area contributed by atoms with E-state index in [9.17, 15) is 18.5 Å². The highest BCUT2D eigenvalue weighted by atomic mass is 32.2. The Labute approximate surface area is 154 Å². The van der Waals surface area contributed by atoms with Gasteiger partial charge < -0.3 is 0 Å². The molecular formula is C19H24N2O4S. The summed E-state index contributed by atoms with van der Waals surface area (Å²) < 4.78 is 25.4. The molecule has 0 spiro atoms. The first-order valence-electron chi connectivity index (χ1n) is 8.36. The third-order valence-corrected chi connectivity index (χ3v) is 6.45. The van der Waals surface area contributed by atoms with Gasteiger partial charge in [-0.3, -0.25) is 15.0 Å². The SMILES string of the molecule is Cc1ccc(C)c(S(=O)(=O)CCN(C)[C@H](C)c2cccc([N+](=O)[O-])c2)c1. The summed E-state index contributed by atoms with van der Waals surface area (Å²) in [7, 11) is -1.57. The molecule has 26 heavy (non-hydrogen) atoms. The molecule has 140 valence electrons. The number of nitro groups is 1. The molecule has 2 rings (SSSR count). The molecule has 6 nitrogen and oxygen atoms in total. The maximum absolute atomic E-state index is 12.7. The van der Waals surface area contributed by atoms with Gasteiger partial charge in [0.2, 0.25) is 0 Å². The van der Waals surface area contributed by atoms with Gasteiger partial charge in [-0.25, -0.2) is 8.42 Å². The van der Waals surface area contributed by atoms with E-state index in [2.05, 4.69) is 0 Å². The number of benzene rings is 2. The number of nitro benzene ring substituents is 1. The van der Waals surface area contributed by atoms with Crippen molar-refractivity contribution in [2.75, 3.05) is 19.3 Å². The van der Waals surface area contributed by atoms with Crippen molar-refractivity contribution in [2.45, 2.75) is 31.7 Å². The van der Waals surface area contributed by atoms with Crippen LogP contribution in [0.5, 0.6) is 0 Å². The van der Waals surface area contributed by atoms with Crippen molar-refractivity contribution in [1.29, 1.82) is 0 Å². The third kappa shape index (κ3) is 4.68. The first-order valence-corrected chi connectivity index (χ1v) is 10.0. The van der Waals surface area contributed by atoms with Crippen LogP contribution in [0.3, 0.4) is 0 Å². The Bertz CT molecular complexity index is 910. The van der Waals surface area contributed by atoms with Crippen LogP contribution in [0.15, 0.2) is 47.4 Å². The topological polar surface area (TPSA) is 80.5 Å². The maximum Gasteiger partial charge on any atom is 0.269 e. The average molecular weight is 376 g/mol. The van der Waals surface area contributed by atoms with E-state index in [0.29, 0.717) is 11.4 Å². The minimum Gasteiger partial charge on any atom is -0.299 e. The molecule has 0 saturated carbocycles. The summed E-state index contributed by atoms with van der Waals surface area (Å²) in [5, 5.41) is 10.9. The zero-order valence-corrected chi connectivity index (χ0v) is 16.3. The molecule has 0 aromatic heterocycles. The van der Waals surface area contributed by atoms with Gasteiger partial charge in [0, 0.05) is 24.7 Å². The summed E-state index contributed by atoms with van der Waals surface area (Å²) in [6.45, 7) is 5.90. The van der Waals surface area contributed by atoms with Gasteiger partial charge in [-0.15, -0.1) is 0 Å². The molecule has 0 aliphatic carbocycles. The number of hydrogen-bond acceptors (Lipinski definition) is 5. The van der Waals surface area contributed by atoms with Crippen molar-refractivity contribution < 1.29 is 13.3 Å². The Morgan fingerprint density at radius 3 is 2.50 bits per heavy atom. The Morgan fingerprint density at radius 2 is 1.85 bits per heavy atom. The summed E-state index contributed by atoms with van der Waals surface area (Å²) in [4.78, 5) is 12.8. The molecule has 2 aromatic rings. The van der Waals surface area contributed by atoms with E-state index in [0.717, 1.165) is 16.7 Å². The quantitative estimate of drug-likeness (QED) is 0.544. The van der Waals surface area contributed by atoms with E-state index >= 15 is 0 Å². The van der Waals surface area contributed by atoms with Crippen molar-refractivity contribution in [3.05, 3.63) is 69.3 Å². The fourth-order valence-electron chi connectivity index (χ4n) is 2.76. The molecule has 0 heterocycles. The van der Waals surface area contributed by atoms with Gasteiger partial charge in [0.05, 0.1) is 15.6 Å². The molecule has 0 bridgehead atoms. The molecule has 0 fully saturated rings. The molecule has 0 aliphatic heterocycles. The summed E-state index contributed by atoms with van der Waals surface area (Å²) in [5.74, 6) is -0.00688. The molecule has 7 heteroatoms. The first-order chi connectivity index (χ1) is 12.1. The fraction of sp³-hybridized carbons (Fsp3) is 0.368. The molecule has 0 saturated heterocycles. The zero-order chi connectivity index (χ0) is 19.5. The minimum atomic E-state index is -3.40. The highest BCUT2D eigenvalue weighted by Crippen LogP contribution is 2.24. The highest BCUT2D eigenvalue weighted by molar-refractivity contribution is 7.91. The summed E-state index contributed by atoms with van der Waals surface area (Å²) in [6.07, 6.45) is 0. The van der Waals surface area contributed by atoms with Gasteiger partial charge in [-0.05, 0) is 50.6 Å². The molecule has 1 atom stereocenters. The van der Waals surface area contributed by atoms with Crippen LogP contribution in [0, 0.1) is 24.0 Å². The number of rotatable bonds is 7.